The number of amides is 3. The van der Waals surface area contributed by atoms with Crippen molar-refractivity contribution in [2.24, 2.45) is 0 Å². The Kier molecular flexibility index (Phi) is 5.76. The molecule has 3 amide bonds. The summed E-state index contributed by atoms with van der Waals surface area (Å²) < 4.78 is 6.99. The van der Waals surface area contributed by atoms with E-state index in [0.29, 0.717) is 28.9 Å². The molecule has 14 heteroatoms. The number of nitrogens with two attached hydrogens (primary N) is 1. The maximum absolute atomic E-state index is 12.6. The van der Waals surface area contributed by atoms with Crippen molar-refractivity contribution in [1.82, 2.24) is 30.2 Å². The lowest BCUT2D eigenvalue weighted by Crippen LogP contribution is -2.43. The molecule has 7 N–H and O–H groups in total. The fourth-order valence-electron chi connectivity index (χ4n) is 4.15. The van der Waals surface area contributed by atoms with E-state index < -0.39 is 30.4 Å². The first-order valence-electron chi connectivity index (χ1n) is 10.8. The first-order valence-corrected chi connectivity index (χ1v) is 10.8. The van der Waals surface area contributed by atoms with Crippen molar-refractivity contribution < 1.29 is 29.3 Å². The molecule has 1 aromatic carbocycles. The van der Waals surface area contributed by atoms with Gasteiger partial charge in [-0.25, -0.2) is 15.0 Å². The lowest BCUT2D eigenvalue weighted by molar-refractivity contribution is -0.137. The molecular weight excluding hydrogens is 460 g/mol. The molecule has 0 saturated carbocycles. The third kappa shape index (κ3) is 4.03. The number of carbonyl (C=O) groups excluding carboxylic acids is 3. The van der Waals surface area contributed by atoms with Crippen molar-refractivity contribution in [2.75, 3.05) is 17.6 Å². The highest BCUT2D eigenvalue weighted by molar-refractivity contribution is 6.02. The first kappa shape index (κ1) is 22.6. The molecule has 1 saturated heterocycles. The molecule has 4 heterocycles. The molecule has 5 rings (SSSR count). The number of imidazole rings is 1. The van der Waals surface area contributed by atoms with E-state index in [1.165, 1.54) is 17.2 Å². The van der Waals surface area contributed by atoms with Crippen LogP contribution in [-0.4, -0.2) is 72.3 Å². The van der Waals surface area contributed by atoms with Crippen LogP contribution in [0, 0.1) is 0 Å². The Balaban J connectivity index is 1.18. The van der Waals surface area contributed by atoms with Crippen LogP contribution in [0.2, 0.25) is 0 Å². The molecule has 0 aliphatic carbocycles. The maximum Gasteiger partial charge on any atom is 0.252 e. The number of nitrogens with one attached hydrogen (secondary N) is 3. The Morgan fingerprint density at radius 2 is 2.06 bits per heavy atom. The zero-order valence-corrected chi connectivity index (χ0v) is 18.2. The zero-order chi connectivity index (χ0) is 24.7. The molecule has 2 aliphatic heterocycles. The van der Waals surface area contributed by atoms with E-state index in [2.05, 4.69) is 30.9 Å². The minimum absolute atomic E-state index is 0.0397. The molecule has 3 aromatic rings. The normalized spacial score (nSPS) is 23.2. The number of benzene rings is 1. The van der Waals surface area contributed by atoms with Crippen LogP contribution in [0.3, 0.4) is 0 Å². The predicted molar refractivity (Wildman–Crippen MR) is 120 cm³/mol. The summed E-state index contributed by atoms with van der Waals surface area (Å²) in [5.74, 6) is -1.12. The highest BCUT2D eigenvalue weighted by Crippen LogP contribution is 2.32. The monoisotopic (exact) mass is 482 g/mol. The van der Waals surface area contributed by atoms with Crippen LogP contribution >= 0.6 is 0 Å². The Morgan fingerprint density at radius 1 is 1.23 bits per heavy atom. The Labute approximate surface area is 197 Å². The first-order chi connectivity index (χ1) is 16.8. The molecule has 4 unspecified atom stereocenters. The molecule has 2 aromatic heterocycles. The summed E-state index contributed by atoms with van der Waals surface area (Å²) >= 11 is 0. The topological polar surface area (TPSA) is 207 Å². The van der Waals surface area contributed by atoms with Crippen LogP contribution in [0.4, 0.5) is 11.5 Å². The van der Waals surface area contributed by atoms with Gasteiger partial charge in [-0.15, -0.1) is 0 Å². The average molecular weight is 482 g/mol. The number of aliphatic hydroxyl groups is 2. The van der Waals surface area contributed by atoms with Gasteiger partial charge in [0, 0.05) is 36.3 Å². The van der Waals surface area contributed by atoms with Gasteiger partial charge in [-0.2, -0.15) is 0 Å². The second kappa shape index (κ2) is 8.90. The zero-order valence-electron chi connectivity index (χ0n) is 18.2. The van der Waals surface area contributed by atoms with Gasteiger partial charge in [0.15, 0.2) is 23.8 Å². The maximum atomic E-state index is 12.6. The standard InChI is InChI=1S/C21H22N8O6/c22-17-13-18(26-7-25-17)29(8-27-13)21-15(32)14(31)16(35-21)20(34)23-5-4-12(30)28-11-3-1-2-9-10(11)6-24-19(9)33/h1-3,7-8,14-16,21,31-32H,4-6H2,(H,23,34)(H,24,33)(H,28,30)(H2,22,25,26). The van der Waals surface area contributed by atoms with Gasteiger partial charge in [-0.05, 0) is 12.1 Å². The largest absolute Gasteiger partial charge is 0.387 e. The molecule has 0 bridgehead atoms. The highest BCUT2D eigenvalue weighted by atomic mass is 16.6. The molecule has 14 nitrogen and oxygen atoms in total. The highest BCUT2D eigenvalue weighted by Gasteiger charge is 2.47. The number of aromatic nitrogens is 4. The van der Waals surface area contributed by atoms with Gasteiger partial charge in [-0.1, -0.05) is 6.07 Å². The summed E-state index contributed by atoms with van der Waals surface area (Å²) in [6.07, 6.45) is -3.01. The average Bonchev–Trinajstić information content (AvgIpc) is 3.52. The van der Waals surface area contributed by atoms with Crippen molar-refractivity contribution in [3.63, 3.8) is 0 Å². The van der Waals surface area contributed by atoms with Crippen LogP contribution < -0.4 is 21.7 Å². The summed E-state index contributed by atoms with van der Waals surface area (Å²) in [4.78, 5) is 48.7. The molecule has 0 radical (unpaired) electrons. The lowest BCUT2D eigenvalue weighted by atomic mass is 10.1. The number of rotatable bonds is 6. The van der Waals surface area contributed by atoms with Crippen molar-refractivity contribution in [2.45, 2.75) is 37.5 Å². The summed E-state index contributed by atoms with van der Waals surface area (Å²) in [6.45, 7) is 0.286. The van der Waals surface area contributed by atoms with Crippen molar-refractivity contribution in [1.29, 1.82) is 0 Å². The third-order valence-corrected chi connectivity index (χ3v) is 5.93. The number of fused-ring (bicyclic) bond motifs is 2. The van der Waals surface area contributed by atoms with Crippen molar-refractivity contribution >= 4 is 40.4 Å². The third-order valence-electron chi connectivity index (χ3n) is 5.93. The second-order valence-electron chi connectivity index (χ2n) is 8.11. The van der Waals surface area contributed by atoms with Crippen molar-refractivity contribution in [3.05, 3.63) is 42.0 Å². The summed E-state index contributed by atoms with van der Waals surface area (Å²) in [5.41, 5.74) is 8.08. The van der Waals surface area contributed by atoms with E-state index in [-0.39, 0.29) is 36.2 Å². The molecular formula is C21H22N8O6. The number of carbonyl (C=O) groups is 3. The Bertz CT molecular complexity index is 1330. The minimum Gasteiger partial charge on any atom is -0.387 e. The van der Waals surface area contributed by atoms with E-state index in [4.69, 9.17) is 10.5 Å². The smallest absolute Gasteiger partial charge is 0.252 e. The summed E-state index contributed by atoms with van der Waals surface area (Å²) in [7, 11) is 0. The Morgan fingerprint density at radius 3 is 2.89 bits per heavy atom. The van der Waals surface area contributed by atoms with Crippen molar-refractivity contribution in [3.8, 4) is 0 Å². The van der Waals surface area contributed by atoms with Gasteiger partial charge in [0.25, 0.3) is 11.8 Å². The fourth-order valence-corrected chi connectivity index (χ4v) is 4.15. The van der Waals surface area contributed by atoms with Gasteiger partial charge in [0.1, 0.15) is 24.1 Å². The number of hydrogen-bond donors (Lipinski definition) is 6. The number of ether oxygens (including phenoxy) is 1. The van der Waals surface area contributed by atoms with Gasteiger partial charge in [0.05, 0.1) is 6.33 Å². The number of hydrogen-bond acceptors (Lipinski definition) is 10. The van der Waals surface area contributed by atoms with Crippen LogP contribution in [0.25, 0.3) is 11.2 Å². The summed E-state index contributed by atoms with van der Waals surface area (Å²) in [6, 6.07) is 5.04. The number of nitrogens with zero attached hydrogens (tertiary/aromatic N) is 4. The van der Waals surface area contributed by atoms with Gasteiger partial charge in [0.2, 0.25) is 5.91 Å². The van der Waals surface area contributed by atoms with E-state index in [1.54, 1.807) is 18.2 Å². The molecule has 0 spiro atoms. The minimum atomic E-state index is -1.53. The van der Waals surface area contributed by atoms with Gasteiger partial charge < -0.3 is 36.6 Å². The predicted octanol–water partition coefficient (Wildman–Crippen LogP) is -1.58. The van der Waals surface area contributed by atoms with Crippen LogP contribution in [-0.2, 0) is 20.9 Å². The quantitative estimate of drug-likeness (QED) is 0.237. The Hall–Kier alpha value is -4.14. The summed E-state index contributed by atoms with van der Waals surface area (Å²) in [5, 5.41) is 28.8. The molecule has 2 aliphatic rings. The number of nitrogen functional groups attached to an aromatic ring is 1. The van der Waals surface area contributed by atoms with Crippen LogP contribution in [0.15, 0.2) is 30.9 Å². The molecule has 4 atom stereocenters. The van der Waals surface area contributed by atoms with Crippen LogP contribution in [0.5, 0.6) is 0 Å². The van der Waals surface area contributed by atoms with Gasteiger partial charge in [-0.3, -0.25) is 19.0 Å². The van der Waals surface area contributed by atoms with E-state index >= 15 is 0 Å². The molecule has 1 fully saturated rings. The number of anilines is 2. The van der Waals surface area contributed by atoms with Gasteiger partial charge >= 0.3 is 0 Å². The van der Waals surface area contributed by atoms with E-state index in [1.807, 2.05) is 0 Å². The van der Waals surface area contributed by atoms with E-state index in [9.17, 15) is 24.6 Å². The van der Waals surface area contributed by atoms with Crippen LogP contribution in [0.1, 0.15) is 28.6 Å². The van der Waals surface area contributed by atoms with E-state index in [0.717, 1.165) is 0 Å². The molecule has 182 valence electrons. The molecule has 35 heavy (non-hydrogen) atoms. The SMILES string of the molecule is Nc1ncnc2c1ncn2C1OC(C(=O)NCCC(=O)Nc2cccc3c2CNC3=O)C(O)C1O. The lowest BCUT2D eigenvalue weighted by Gasteiger charge is -2.16. The second-order valence-corrected chi connectivity index (χ2v) is 8.11. The fraction of sp³-hybridized carbons (Fsp3) is 0.333. The number of aliphatic hydroxyl groups excluding tert-OH is 2.